The predicted molar refractivity (Wildman–Crippen MR) is 86.9 cm³/mol. The maximum Gasteiger partial charge on any atom is 0.246 e. The second kappa shape index (κ2) is 6.14. The van der Waals surface area contributed by atoms with Gasteiger partial charge in [0.25, 0.3) is 0 Å². The Balaban J connectivity index is 2.24. The Morgan fingerprint density at radius 3 is 2.90 bits per heavy atom. The zero-order chi connectivity index (χ0) is 15.5. The van der Waals surface area contributed by atoms with Gasteiger partial charge in [0.1, 0.15) is 5.54 Å². The monoisotopic (exact) mass is 285 g/mol. The minimum Gasteiger partial charge on any atom is -0.361 e. The molecule has 0 saturated carbocycles. The first-order valence-electron chi connectivity index (χ1n) is 7.20. The van der Waals surface area contributed by atoms with Crippen LogP contribution in [0.2, 0.25) is 0 Å². The molecule has 0 bridgehead atoms. The Labute approximate surface area is 125 Å². The van der Waals surface area contributed by atoms with E-state index < -0.39 is 5.54 Å². The second-order valence-corrected chi connectivity index (χ2v) is 5.61. The molecule has 1 amide bonds. The molecule has 0 fully saturated rings. The van der Waals surface area contributed by atoms with Gasteiger partial charge in [-0.3, -0.25) is 4.79 Å². The summed E-state index contributed by atoms with van der Waals surface area (Å²) < 4.78 is 0. The van der Waals surface area contributed by atoms with E-state index in [0.717, 1.165) is 29.3 Å². The number of benzene rings is 1. The van der Waals surface area contributed by atoms with Crippen LogP contribution in [-0.2, 0) is 10.3 Å². The molecule has 112 valence electrons. The Kier molecular flexibility index (Phi) is 4.48. The third-order valence-corrected chi connectivity index (χ3v) is 3.84. The molecule has 0 aliphatic carbocycles. The molecule has 1 aromatic carbocycles. The summed E-state index contributed by atoms with van der Waals surface area (Å²) in [5.41, 5.74) is 7.15. The molecule has 0 spiro atoms. The molecule has 2 aromatic rings. The van der Waals surface area contributed by atoms with E-state index in [9.17, 15) is 4.79 Å². The highest BCUT2D eigenvalue weighted by molar-refractivity contribution is 5.94. The van der Waals surface area contributed by atoms with Gasteiger partial charge >= 0.3 is 0 Å². The van der Waals surface area contributed by atoms with E-state index in [1.165, 1.54) is 0 Å². The van der Waals surface area contributed by atoms with Gasteiger partial charge in [-0.05, 0) is 25.8 Å². The highest BCUT2D eigenvalue weighted by Gasteiger charge is 2.34. The van der Waals surface area contributed by atoms with Crippen molar-refractivity contribution in [2.24, 2.45) is 5.73 Å². The number of aromatic amines is 1. The third kappa shape index (κ3) is 3.00. The summed E-state index contributed by atoms with van der Waals surface area (Å²) in [6.07, 6.45) is 5.49. The summed E-state index contributed by atoms with van der Waals surface area (Å²) in [7, 11) is 1.80. The fourth-order valence-electron chi connectivity index (χ4n) is 2.59. The SMILES string of the molecule is C=CCCCN(C)C(=O)[C@@](C)(N)c1c[nH]c2ccccc12. The molecule has 21 heavy (non-hydrogen) atoms. The minimum absolute atomic E-state index is 0.0729. The van der Waals surface area contributed by atoms with Crippen LogP contribution in [0.15, 0.2) is 43.1 Å². The molecule has 3 N–H and O–H groups in total. The van der Waals surface area contributed by atoms with E-state index in [1.807, 2.05) is 36.5 Å². The van der Waals surface area contributed by atoms with Crippen molar-refractivity contribution in [3.8, 4) is 0 Å². The van der Waals surface area contributed by atoms with Gasteiger partial charge in [0.15, 0.2) is 0 Å². The zero-order valence-electron chi connectivity index (χ0n) is 12.7. The lowest BCUT2D eigenvalue weighted by Gasteiger charge is -2.29. The van der Waals surface area contributed by atoms with Crippen LogP contribution in [0.3, 0.4) is 0 Å². The quantitative estimate of drug-likeness (QED) is 0.633. The van der Waals surface area contributed by atoms with E-state index in [2.05, 4.69) is 11.6 Å². The number of amides is 1. The van der Waals surface area contributed by atoms with Crippen molar-refractivity contribution in [3.63, 3.8) is 0 Å². The number of H-pyrrole nitrogens is 1. The first-order valence-corrected chi connectivity index (χ1v) is 7.20. The first-order chi connectivity index (χ1) is 9.98. The molecule has 0 radical (unpaired) electrons. The molecule has 0 unspecified atom stereocenters. The van der Waals surface area contributed by atoms with E-state index in [0.29, 0.717) is 6.54 Å². The number of nitrogens with zero attached hydrogens (tertiary/aromatic N) is 1. The second-order valence-electron chi connectivity index (χ2n) is 5.61. The normalized spacial score (nSPS) is 13.9. The number of hydrogen-bond acceptors (Lipinski definition) is 2. The fraction of sp³-hybridized carbons (Fsp3) is 0.353. The van der Waals surface area contributed by atoms with Crippen LogP contribution in [0, 0.1) is 0 Å². The van der Waals surface area contributed by atoms with E-state index in [1.54, 1.807) is 18.9 Å². The number of aromatic nitrogens is 1. The molecule has 2 rings (SSSR count). The molecular weight excluding hydrogens is 262 g/mol. The Bertz CT molecular complexity index is 642. The van der Waals surface area contributed by atoms with Gasteiger partial charge in [0, 0.05) is 36.3 Å². The number of carbonyl (C=O) groups is 1. The van der Waals surface area contributed by atoms with Crippen molar-refractivity contribution in [1.29, 1.82) is 0 Å². The van der Waals surface area contributed by atoms with E-state index in [4.69, 9.17) is 5.73 Å². The Morgan fingerprint density at radius 2 is 2.19 bits per heavy atom. The van der Waals surface area contributed by atoms with Crippen molar-refractivity contribution in [3.05, 3.63) is 48.7 Å². The third-order valence-electron chi connectivity index (χ3n) is 3.84. The number of allylic oxidation sites excluding steroid dienone is 1. The van der Waals surface area contributed by atoms with Gasteiger partial charge in [-0.25, -0.2) is 0 Å². The van der Waals surface area contributed by atoms with Crippen LogP contribution >= 0.6 is 0 Å². The highest BCUT2D eigenvalue weighted by atomic mass is 16.2. The Hall–Kier alpha value is -2.07. The number of rotatable bonds is 6. The van der Waals surface area contributed by atoms with Gasteiger partial charge in [0.2, 0.25) is 5.91 Å². The number of fused-ring (bicyclic) bond motifs is 1. The van der Waals surface area contributed by atoms with Gasteiger partial charge < -0.3 is 15.6 Å². The summed E-state index contributed by atoms with van der Waals surface area (Å²) >= 11 is 0. The molecule has 4 heteroatoms. The number of likely N-dealkylation sites (N-methyl/N-ethyl adjacent to an activating group) is 1. The highest BCUT2D eigenvalue weighted by Crippen LogP contribution is 2.28. The predicted octanol–water partition coefficient (Wildman–Crippen LogP) is 2.77. The molecule has 1 atom stereocenters. The number of hydrogen-bond donors (Lipinski definition) is 2. The molecular formula is C17H23N3O. The number of nitrogens with one attached hydrogen (secondary N) is 1. The summed E-state index contributed by atoms with van der Waals surface area (Å²) in [4.78, 5) is 17.5. The van der Waals surface area contributed by atoms with Gasteiger partial charge in [-0.15, -0.1) is 6.58 Å². The maximum atomic E-state index is 12.7. The summed E-state index contributed by atoms with van der Waals surface area (Å²) in [5, 5.41) is 0.996. The minimum atomic E-state index is -1.04. The first kappa shape index (κ1) is 15.3. The number of carbonyl (C=O) groups excluding carboxylic acids is 1. The molecule has 1 aromatic heterocycles. The van der Waals surface area contributed by atoms with E-state index >= 15 is 0 Å². The van der Waals surface area contributed by atoms with E-state index in [-0.39, 0.29) is 5.91 Å². The fourth-order valence-corrected chi connectivity index (χ4v) is 2.59. The standard InChI is InChI=1S/C17H23N3O/c1-4-5-8-11-20(3)16(21)17(2,18)14-12-19-15-10-7-6-9-13(14)15/h4,6-7,9-10,12,19H,1,5,8,11,18H2,2-3H3/t17-/m0/s1. The number of nitrogens with two attached hydrogens (primary N) is 1. The smallest absolute Gasteiger partial charge is 0.246 e. The van der Waals surface area contributed by atoms with Gasteiger partial charge in [-0.1, -0.05) is 24.3 Å². The summed E-state index contributed by atoms with van der Waals surface area (Å²) in [5.74, 6) is -0.0729. The average Bonchev–Trinajstić information content (AvgIpc) is 2.91. The van der Waals surface area contributed by atoms with Crippen LogP contribution in [-0.4, -0.2) is 29.4 Å². The molecule has 0 aliphatic rings. The Morgan fingerprint density at radius 1 is 1.48 bits per heavy atom. The maximum absolute atomic E-state index is 12.7. The molecule has 4 nitrogen and oxygen atoms in total. The van der Waals surface area contributed by atoms with Gasteiger partial charge in [-0.2, -0.15) is 0 Å². The topological polar surface area (TPSA) is 62.1 Å². The molecule has 0 saturated heterocycles. The zero-order valence-corrected chi connectivity index (χ0v) is 12.7. The lowest BCUT2D eigenvalue weighted by atomic mass is 9.91. The molecule has 0 aliphatic heterocycles. The van der Waals surface area contributed by atoms with Crippen molar-refractivity contribution in [2.45, 2.75) is 25.3 Å². The number of para-hydroxylation sites is 1. The van der Waals surface area contributed by atoms with Crippen molar-refractivity contribution >= 4 is 16.8 Å². The van der Waals surface area contributed by atoms with Crippen molar-refractivity contribution in [2.75, 3.05) is 13.6 Å². The average molecular weight is 285 g/mol. The lowest BCUT2D eigenvalue weighted by Crippen LogP contribution is -2.49. The summed E-state index contributed by atoms with van der Waals surface area (Å²) in [6, 6.07) is 7.87. The van der Waals surface area contributed by atoms with Crippen molar-refractivity contribution in [1.82, 2.24) is 9.88 Å². The lowest BCUT2D eigenvalue weighted by molar-refractivity contribution is -0.135. The number of unbranched alkanes of at least 4 members (excludes halogenated alkanes) is 1. The van der Waals surface area contributed by atoms with Crippen molar-refractivity contribution < 1.29 is 4.79 Å². The van der Waals surface area contributed by atoms with Gasteiger partial charge in [0.05, 0.1) is 0 Å². The van der Waals surface area contributed by atoms with Crippen LogP contribution in [0.1, 0.15) is 25.3 Å². The molecule has 1 heterocycles. The van der Waals surface area contributed by atoms with Crippen LogP contribution in [0.5, 0.6) is 0 Å². The van der Waals surface area contributed by atoms with Crippen LogP contribution in [0.25, 0.3) is 10.9 Å². The van der Waals surface area contributed by atoms with Crippen LogP contribution < -0.4 is 5.73 Å². The summed E-state index contributed by atoms with van der Waals surface area (Å²) in [6.45, 7) is 6.15. The largest absolute Gasteiger partial charge is 0.361 e. The van der Waals surface area contributed by atoms with Crippen LogP contribution in [0.4, 0.5) is 0 Å².